The van der Waals surface area contributed by atoms with Gasteiger partial charge in [-0.1, -0.05) is 25.4 Å². The average molecular weight is 403 g/mol. The average Bonchev–Trinajstić information content (AvgIpc) is 2.51. The van der Waals surface area contributed by atoms with Crippen molar-refractivity contribution in [1.29, 1.82) is 0 Å². The second-order valence-electron chi connectivity index (χ2n) is 5.28. The highest BCUT2D eigenvalue weighted by atomic mass is 35.5. The molecule has 0 saturated carbocycles. The maximum Gasteiger partial charge on any atom is 0.417 e. The summed E-state index contributed by atoms with van der Waals surface area (Å²) < 4.78 is 65.7. The largest absolute Gasteiger partial charge is 0.417 e. The zero-order valence-corrected chi connectivity index (χ0v) is 15.6. The van der Waals surface area contributed by atoms with Gasteiger partial charge in [-0.15, -0.1) is 0 Å². The third kappa shape index (κ3) is 6.96. The fourth-order valence-electron chi connectivity index (χ4n) is 2.03. The Kier molecular flexibility index (Phi) is 8.39. The summed E-state index contributed by atoms with van der Waals surface area (Å²) in [6.45, 7) is 4.79. The van der Waals surface area contributed by atoms with Crippen molar-refractivity contribution in [2.24, 2.45) is 0 Å². The Morgan fingerprint density at radius 3 is 2.28 bits per heavy atom. The van der Waals surface area contributed by atoms with Crippen molar-refractivity contribution in [2.75, 3.05) is 31.5 Å². The van der Waals surface area contributed by atoms with Gasteiger partial charge in [0.25, 0.3) is 10.2 Å². The maximum absolute atomic E-state index is 12.5. The second-order valence-corrected chi connectivity index (χ2v) is 7.44. The van der Waals surface area contributed by atoms with Crippen LogP contribution in [0, 0.1) is 0 Å². The van der Waals surface area contributed by atoms with Gasteiger partial charge in [0, 0.05) is 32.4 Å². The molecule has 0 radical (unpaired) electrons. The SMILES string of the molecule is CCCN(CCC)S(=O)(=O)NCCNc1ncc(C(F)(F)F)cc1Cl. The van der Waals surface area contributed by atoms with Gasteiger partial charge in [-0.05, 0) is 18.9 Å². The van der Waals surface area contributed by atoms with Crippen molar-refractivity contribution in [3.05, 3.63) is 22.8 Å². The van der Waals surface area contributed by atoms with Crippen molar-refractivity contribution in [1.82, 2.24) is 14.0 Å². The van der Waals surface area contributed by atoms with Crippen LogP contribution in [-0.2, 0) is 16.4 Å². The third-order valence-corrected chi connectivity index (χ3v) is 5.06. The molecule has 1 aromatic heterocycles. The third-order valence-electron chi connectivity index (χ3n) is 3.16. The standard InChI is InChI=1S/C14H22ClF3N4O2S/c1-3-7-22(8-4-2)25(23,24)21-6-5-19-13-12(15)9-11(10-20-13)14(16,17)18/h9-10,21H,3-8H2,1-2H3,(H,19,20). The van der Waals surface area contributed by atoms with E-state index in [1.807, 2.05) is 13.8 Å². The lowest BCUT2D eigenvalue weighted by molar-refractivity contribution is -0.137. The lowest BCUT2D eigenvalue weighted by Gasteiger charge is -2.21. The molecular formula is C14H22ClF3N4O2S. The number of pyridine rings is 1. The second kappa shape index (κ2) is 9.56. The molecule has 0 aliphatic heterocycles. The van der Waals surface area contributed by atoms with Gasteiger partial charge in [0.1, 0.15) is 5.82 Å². The van der Waals surface area contributed by atoms with Crippen LogP contribution in [-0.4, -0.2) is 43.9 Å². The van der Waals surface area contributed by atoms with Crippen LogP contribution in [0.3, 0.4) is 0 Å². The molecule has 0 amide bonds. The summed E-state index contributed by atoms with van der Waals surface area (Å²) in [5.74, 6) is 0.0628. The molecule has 1 rings (SSSR count). The Morgan fingerprint density at radius 1 is 1.20 bits per heavy atom. The van der Waals surface area contributed by atoms with Gasteiger partial charge in [0.05, 0.1) is 10.6 Å². The first-order chi connectivity index (χ1) is 11.6. The molecule has 144 valence electrons. The number of aromatic nitrogens is 1. The zero-order chi connectivity index (χ0) is 19.1. The Hall–Kier alpha value is -1.10. The van der Waals surface area contributed by atoms with E-state index in [1.165, 1.54) is 4.31 Å². The Bertz CT molecular complexity index is 650. The number of anilines is 1. The van der Waals surface area contributed by atoms with Crippen LogP contribution in [0.2, 0.25) is 5.02 Å². The van der Waals surface area contributed by atoms with E-state index < -0.39 is 21.9 Å². The number of hydrogen-bond acceptors (Lipinski definition) is 4. The fourth-order valence-corrected chi connectivity index (χ4v) is 3.65. The minimum absolute atomic E-state index is 0.0469. The molecule has 0 aromatic carbocycles. The molecular weight excluding hydrogens is 381 g/mol. The van der Waals surface area contributed by atoms with Crippen molar-refractivity contribution in [3.8, 4) is 0 Å². The van der Waals surface area contributed by atoms with Crippen molar-refractivity contribution in [3.63, 3.8) is 0 Å². The predicted octanol–water partition coefficient (Wildman–Crippen LogP) is 3.12. The molecule has 0 fully saturated rings. The van der Waals surface area contributed by atoms with Gasteiger partial charge < -0.3 is 5.32 Å². The summed E-state index contributed by atoms with van der Waals surface area (Å²) in [5.41, 5.74) is -0.946. The summed E-state index contributed by atoms with van der Waals surface area (Å²) >= 11 is 5.77. The molecule has 0 aliphatic carbocycles. The van der Waals surface area contributed by atoms with Crippen molar-refractivity contribution < 1.29 is 21.6 Å². The fraction of sp³-hybridized carbons (Fsp3) is 0.643. The van der Waals surface area contributed by atoms with Crippen LogP contribution in [0.1, 0.15) is 32.3 Å². The van der Waals surface area contributed by atoms with E-state index in [0.29, 0.717) is 32.1 Å². The van der Waals surface area contributed by atoms with Gasteiger partial charge >= 0.3 is 6.18 Å². The number of alkyl halides is 3. The summed E-state index contributed by atoms with van der Waals surface area (Å²) in [6, 6.07) is 0.769. The van der Waals surface area contributed by atoms with Crippen LogP contribution in [0.4, 0.5) is 19.0 Å². The first-order valence-electron chi connectivity index (χ1n) is 7.83. The van der Waals surface area contributed by atoms with Crippen molar-refractivity contribution in [2.45, 2.75) is 32.9 Å². The number of hydrogen-bond donors (Lipinski definition) is 2. The van der Waals surface area contributed by atoms with Crippen LogP contribution < -0.4 is 10.0 Å². The Labute approximate surface area is 150 Å². The normalized spacial score (nSPS) is 12.6. The highest BCUT2D eigenvalue weighted by molar-refractivity contribution is 7.87. The van der Waals surface area contributed by atoms with Gasteiger partial charge in [-0.3, -0.25) is 0 Å². The number of nitrogens with one attached hydrogen (secondary N) is 2. The molecule has 0 bridgehead atoms. The smallest absolute Gasteiger partial charge is 0.368 e. The molecule has 11 heteroatoms. The molecule has 2 N–H and O–H groups in total. The van der Waals surface area contributed by atoms with Gasteiger partial charge in [0.15, 0.2) is 0 Å². The monoisotopic (exact) mass is 402 g/mol. The van der Waals surface area contributed by atoms with Crippen LogP contribution in [0.25, 0.3) is 0 Å². The number of halogens is 4. The van der Waals surface area contributed by atoms with Crippen LogP contribution >= 0.6 is 11.6 Å². The Morgan fingerprint density at radius 2 is 1.80 bits per heavy atom. The Balaban J connectivity index is 2.57. The van der Waals surface area contributed by atoms with Crippen LogP contribution in [0.5, 0.6) is 0 Å². The summed E-state index contributed by atoms with van der Waals surface area (Å²) in [5, 5.41) is 2.53. The lowest BCUT2D eigenvalue weighted by atomic mass is 10.3. The molecule has 25 heavy (non-hydrogen) atoms. The maximum atomic E-state index is 12.5. The molecule has 0 unspecified atom stereocenters. The van der Waals surface area contributed by atoms with Gasteiger partial charge in [0.2, 0.25) is 0 Å². The predicted molar refractivity (Wildman–Crippen MR) is 91.8 cm³/mol. The number of nitrogens with zero attached hydrogens (tertiary/aromatic N) is 2. The van der Waals surface area contributed by atoms with E-state index >= 15 is 0 Å². The quantitative estimate of drug-likeness (QED) is 0.590. The summed E-state index contributed by atoms with van der Waals surface area (Å²) in [7, 11) is -3.60. The van der Waals surface area contributed by atoms with E-state index in [2.05, 4.69) is 15.0 Å². The molecule has 0 atom stereocenters. The van der Waals surface area contributed by atoms with E-state index in [9.17, 15) is 21.6 Å². The molecule has 1 aromatic rings. The molecule has 0 spiro atoms. The van der Waals surface area contributed by atoms with E-state index in [-0.39, 0.29) is 23.9 Å². The van der Waals surface area contributed by atoms with Gasteiger partial charge in [-0.25, -0.2) is 9.71 Å². The van der Waals surface area contributed by atoms with E-state index in [0.717, 1.165) is 6.07 Å². The topological polar surface area (TPSA) is 74.3 Å². The first kappa shape index (κ1) is 21.9. The highest BCUT2D eigenvalue weighted by Crippen LogP contribution is 2.32. The van der Waals surface area contributed by atoms with E-state index in [1.54, 1.807) is 0 Å². The lowest BCUT2D eigenvalue weighted by Crippen LogP contribution is -2.43. The van der Waals surface area contributed by atoms with Crippen LogP contribution in [0.15, 0.2) is 12.3 Å². The highest BCUT2D eigenvalue weighted by Gasteiger charge is 2.31. The van der Waals surface area contributed by atoms with Gasteiger partial charge in [-0.2, -0.15) is 25.9 Å². The molecule has 6 nitrogen and oxygen atoms in total. The first-order valence-corrected chi connectivity index (χ1v) is 9.65. The van der Waals surface area contributed by atoms with E-state index in [4.69, 9.17) is 11.6 Å². The zero-order valence-electron chi connectivity index (χ0n) is 14.0. The number of rotatable bonds is 10. The van der Waals surface area contributed by atoms with Crippen molar-refractivity contribution >= 4 is 27.6 Å². The molecule has 0 saturated heterocycles. The minimum Gasteiger partial charge on any atom is -0.368 e. The minimum atomic E-state index is -4.52. The summed E-state index contributed by atoms with van der Waals surface area (Å²) in [4.78, 5) is 3.62. The summed E-state index contributed by atoms with van der Waals surface area (Å²) in [6.07, 6.45) is -2.45. The molecule has 0 aliphatic rings. The molecule has 1 heterocycles.